The Hall–Kier alpha value is -2.00. The fourth-order valence-corrected chi connectivity index (χ4v) is 3.26. The van der Waals surface area contributed by atoms with Gasteiger partial charge < -0.3 is 14.8 Å². The van der Waals surface area contributed by atoms with Crippen molar-refractivity contribution in [2.24, 2.45) is 0 Å². The average Bonchev–Trinajstić information content (AvgIpc) is 2.90. The molecular weight excluding hydrogens is 286 g/mol. The van der Waals surface area contributed by atoms with Crippen LogP contribution in [0.15, 0.2) is 36.4 Å². The Morgan fingerprint density at radius 1 is 1.30 bits per heavy atom. The SMILES string of the molecule is COc1cc2c(cc1CN[C@H](C)c1ccccc1C)O[C@@H](C)C2. The molecule has 3 rings (SSSR count). The molecule has 0 saturated carbocycles. The molecule has 0 aliphatic carbocycles. The topological polar surface area (TPSA) is 30.5 Å². The average molecular weight is 311 g/mol. The maximum absolute atomic E-state index is 5.87. The maximum atomic E-state index is 5.87. The van der Waals surface area contributed by atoms with Gasteiger partial charge in [0.1, 0.15) is 17.6 Å². The van der Waals surface area contributed by atoms with Gasteiger partial charge in [-0.05, 0) is 44.0 Å². The molecule has 1 aliphatic rings. The molecule has 1 aliphatic heterocycles. The summed E-state index contributed by atoms with van der Waals surface area (Å²) >= 11 is 0. The number of ether oxygens (including phenoxy) is 2. The van der Waals surface area contributed by atoms with Crippen molar-refractivity contribution in [3.05, 3.63) is 58.7 Å². The highest BCUT2D eigenvalue weighted by Crippen LogP contribution is 2.35. The largest absolute Gasteiger partial charge is 0.496 e. The lowest BCUT2D eigenvalue weighted by molar-refractivity contribution is 0.254. The van der Waals surface area contributed by atoms with Gasteiger partial charge in [0.15, 0.2) is 0 Å². The zero-order valence-corrected chi connectivity index (χ0v) is 14.3. The molecule has 0 unspecified atom stereocenters. The summed E-state index contributed by atoms with van der Waals surface area (Å²) in [6, 6.07) is 13.0. The maximum Gasteiger partial charge on any atom is 0.123 e. The second kappa shape index (κ2) is 6.63. The van der Waals surface area contributed by atoms with Crippen LogP contribution in [0.1, 0.15) is 42.1 Å². The van der Waals surface area contributed by atoms with E-state index in [0.29, 0.717) is 0 Å². The number of aryl methyl sites for hydroxylation is 1. The summed E-state index contributed by atoms with van der Waals surface area (Å²) in [7, 11) is 1.73. The molecule has 2 atom stereocenters. The molecule has 0 aromatic heterocycles. The van der Waals surface area contributed by atoms with E-state index < -0.39 is 0 Å². The fraction of sp³-hybridized carbons (Fsp3) is 0.400. The number of nitrogens with one attached hydrogen (secondary N) is 1. The molecule has 2 aromatic carbocycles. The van der Waals surface area contributed by atoms with E-state index in [9.17, 15) is 0 Å². The summed E-state index contributed by atoms with van der Waals surface area (Å²) in [6.45, 7) is 7.20. The first-order valence-electron chi connectivity index (χ1n) is 8.24. The second-order valence-electron chi connectivity index (χ2n) is 6.36. The molecule has 3 nitrogen and oxygen atoms in total. The van der Waals surface area contributed by atoms with Gasteiger partial charge in [-0.2, -0.15) is 0 Å². The van der Waals surface area contributed by atoms with E-state index in [0.717, 1.165) is 30.0 Å². The molecule has 0 saturated heterocycles. The Balaban J connectivity index is 1.76. The fourth-order valence-electron chi connectivity index (χ4n) is 3.26. The van der Waals surface area contributed by atoms with Gasteiger partial charge in [-0.15, -0.1) is 0 Å². The van der Waals surface area contributed by atoms with Gasteiger partial charge in [-0.25, -0.2) is 0 Å². The lowest BCUT2D eigenvalue weighted by Gasteiger charge is -2.18. The predicted molar refractivity (Wildman–Crippen MR) is 93.2 cm³/mol. The van der Waals surface area contributed by atoms with Crippen molar-refractivity contribution in [3.63, 3.8) is 0 Å². The minimum Gasteiger partial charge on any atom is -0.496 e. The predicted octanol–water partition coefficient (Wildman–Crippen LogP) is 4.18. The van der Waals surface area contributed by atoms with E-state index in [1.807, 2.05) is 0 Å². The van der Waals surface area contributed by atoms with Gasteiger partial charge in [0.2, 0.25) is 0 Å². The van der Waals surface area contributed by atoms with Crippen LogP contribution in [0, 0.1) is 6.92 Å². The van der Waals surface area contributed by atoms with E-state index in [-0.39, 0.29) is 12.1 Å². The first kappa shape index (κ1) is 15.9. The first-order valence-corrected chi connectivity index (χ1v) is 8.24. The van der Waals surface area contributed by atoms with E-state index >= 15 is 0 Å². The standard InChI is InChI=1S/C20H25NO2/c1-13-7-5-6-8-18(13)15(3)21-12-17-11-20-16(9-14(2)23-20)10-19(17)22-4/h5-8,10-11,14-15,21H,9,12H2,1-4H3/t14-,15+/m0/s1. The number of fused-ring (bicyclic) bond motifs is 1. The van der Waals surface area contributed by atoms with Crippen molar-refractivity contribution < 1.29 is 9.47 Å². The van der Waals surface area contributed by atoms with Crippen molar-refractivity contribution >= 4 is 0 Å². The van der Waals surface area contributed by atoms with Crippen LogP contribution in [0.4, 0.5) is 0 Å². The van der Waals surface area contributed by atoms with Gasteiger partial charge >= 0.3 is 0 Å². The van der Waals surface area contributed by atoms with Crippen LogP contribution in [0.2, 0.25) is 0 Å². The highest BCUT2D eigenvalue weighted by Gasteiger charge is 2.21. The summed E-state index contributed by atoms with van der Waals surface area (Å²) in [4.78, 5) is 0. The van der Waals surface area contributed by atoms with Crippen LogP contribution in [0.3, 0.4) is 0 Å². The highest BCUT2D eigenvalue weighted by atomic mass is 16.5. The van der Waals surface area contributed by atoms with Crippen LogP contribution < -0.4 is 14.8 Å². The van der Waals surface area contributed by atoms with Crippen molar-refractivity contribution in [1.82, 2.24) is 5.32 Å². The van der Waals surface area contributed by atoms with Gasteiger partial charge in [-0.3, -0.25) is 0 Å². The van der Waals surface area contributed by atoms with E-state index in [2.05, 4.69) is 62.5 Å². The third kappa shape index (κ3) is 3.35. The third-order valence-electron chi connectivity index (χ3n) is 4.55. The molecular formula is C20H25NO2. The summed E-state index contributed by atoms with van der Waals surface area (Å²) < 4.78 is 11.4. The Kier molecular flexibility index (Phi) is 4.58. The molecule has 122 valence electrons. The van der Waals surface area contributed by atoms with E-state index in [1.54, 1.807) is 7.11 Å². The van der Waals surface area contributed by atoms with Crippen molar-refractivity contribution in [2.75, 3.05) is 7.11 Å². The molecule has 0 fully saturated rings. The Morgan fingerprint density at radius 2 is 2.09 bits per heavy atom. The number of rotatable bonds is 5. The van der Waals surface area contributed by atoms with Gasteiger partial charge in [-0.1, -0.05) is 24.3 Å². The van der Waals surface area contributed by atoms with E-state index in [1.165, 1.54) is 16.7 Å². The quantitative estimate of drug-likeness (QED) is 0.898. The number of benzene rings is 2. The number of hydrogen-bond donors (Lipinski definition) is 1. The molecule has 0 amide bonds. The number of methoxy groups -OCH3 is 1. The first-order chi connectivity index (χ1) is 11.1. The lowest BCUT2D eigenvalue weighted by atomic mass is 10.0. The lowest BCUT2D eigenvalue weighted by Crippen LogP contribution is -2.19. The molecule has 1 heterocycles. The minimum absolute atomic E-state index is 0.254. The molecule has 1 N–H and O–H groups in total. The minimum atomic E-state index is 0.254. The second-order valence-corrected chi connectivity index (χ2v) is 6.36. The Morgan fingerprint density at radius 3 is 2.83 bits per heavy atom. The molecule has 2 aromatic rings. The molecule has 0 radical (unpaired) electrons. The Bertz CT molecular complexity index is 696. The van der Waals surface area contributed by atoms with Crippen LogP contribution in [0.25, 0.3) is 0 Å². The number of hydrogen-bond acceptors (Lipinski definition) is 3. The van der Waals surface area contributed by atoms with Crippen LogP contribution in [0.5, 0.6) is 11.5 Å². The van der Waals surface area contributed by atoms with Gasteiger partial charge in [0, 0.05) is 30.1 Å². The molecule has 23 heavy (non-hydrogen) atoms. The molecule has 3 heteroatoms. The third-order valence-corrected chi connectivity index (χ3v) is 4.55. The van der Waals surface area contributed by atoms with Crippen LogP contribution >= 0.6 is 0 Å². The van der Waals surface area contributed by atoms with Crippen molar-refractivity contribution in [3.8, 4) is 11.5 Å². The zero-order chi connectivity index (χ0) is 16.4. The Labute approximate surface area is 138 Å². The summed E-state index contributed by atoms with van der Waals surface area (Å²) in [5.74, 6) is 1.93. The smallest absolute Gasteiger partial charge is 0.123 e. The van der Waals surface area contributed by atoms with E-state index in [4.69, 9.17) is 9.47 Å². The molecule has 0 spiro atoms. The normalized spacial score (nSPS) is 17.5. The monoisotopic (exact) mass is 311 g/mol. The van der Waals surface area contributed by atoms with Gasteiger partial charge in [0.05, 0.1) is 7.11 Å². The summed E-state index contributed by atoms with van der Waals surface area (Å²) in [6.07, 6.45) is 1.21. The van der Waals surface area contributed by atoms with Gasteiger partial charge in [0.25, 0.3) is 0 Å². The zero-order valence-electron chi connectivity index (χ0n) is 14.3. The molecule has 0 bridgehead atoms. The van der Waals surface area contributed by atoms with Crippen molar-refractivity contribution in [1.29, 1.82) is 0 Å². The van der Waals surface area contributed by atoms with Crippen LogP contribution in [-0.4, -0.2) is 13.2 Å². The van der Waals surface area contributed by atoms with Crippen molar-refractivity contribution in [2.45, 2.75) is 45.9 Å². The summed E-state index contributed by atoms with van der Waals surface area (Å²) in [5.41, 5.74) is 5.02. The van der Waals surface area contributed by atoms with Crippen LogP contribution in [-0.2, 0) is 13.0 Å². The summed E-state index contributed by atoms with van der Waals surface area (Å²) in [5, 5.41) is 3.60. The highest BCUT2D eigenvalue weighted by molar-refractivity contribution is 5.48.